The molecular formula is C12H22O2. The van der Waals surface area contributed by atoms with Gasteiger partial charge in [0.15, 0.2) is 0 Å². The lowest BCUT2D eigenvalue weighted by Crippen LogP contribution is -1.90. The highest BCUT2D eigenvalue weighted by Gasteiger charge is 1.98. The van der Waals surface area contributed by atoms with E-state index in [9.17, 15) is 4.79 Å². The summed E-state index contributed by atoms with van der Waals surface area (Å²) >= 11 is 0. The molecule has 0 spiro atoms. The summed E-state index contributed by atoms with van der Waals surface area (Å²) in [6.45, 7) is 4.09. The molecule has 0 unspecified atom stereocenters. The quantitative estimate of drug-likeness (QED) is 0.701. The molecule has 0 fully saturated rings. The largest absolute Gasteiger partial charge is 0.481 e. The molecule has 82 valence electrons. The molecule has 2 nitrogen and oxygen atoms in total. The molecule has 1 N–H and O–H groups in total. The molecule has 0 amide bonds. The van der Waals surface area contributed by atoms with E-state index in [4.69, 9.17) is 5.11 Å². The minimum atomic E-state index is -0.711. The minimum Gasteiger partial charge on any atom is -0.481 e. The summed E-state index contributed by atoms with van der Waals surface area (Å²) in [5.74, 6) is -0.711. The first-order valence-corrected chi connectivity index (χ1v) is 5.60. The minimum absolute atomic E-state index is 0.292. The highest BCUT2D eigenvalue weighted by atomic mass is 16.4. The molecular weight excluding hydrogens is 176 g/mol. The van der Waals surface area contributed by atoms with E-state index in [1.165, 1.54) is 32.1 Å². The van der Waals surface area contributed by atoms with Gasteiger partial charge in [-0.1, -0.05) is 25.5 Å². The fraction of sp³-hybridized carbons (Fsp3) is 0.750. The van der Waals surface area contributed by atoms with Crippen LogP contribution in [0.3, 0.4) is 0 Å². The van der Waals surface area contributed by atoms with Gasteiger partial charge in [0.05, 0.1) is 0 Å². The maximum absolute atomic E-state index is 9.60. The molecule has 0 bridgehead atoms. The molecule has 0 aromatic carbocycles. The van der Waals surface area contributed by atoms with Gasteiger partial charge in [-0.3, -0.25) is 4.79 Å². The second-order valence-corrected chi connectivity index (χ2v) is 3.61. The molecule has 2 heteroatoms. The third-order valence-corrected chi connectivity index (χ3v) is 2.30. The Kier molecular flexibility index (Phi) is 8.30. The Morgan fingerprint density at radius 3 is 2.36 bits per heavy atom. The van der Waals surface area contributed by atoms with Crippen LogP contribution in [0.5, 0.6) is 0 Å². The monoisotopic (exact) mass is 198 g/mol. The van der Waals surface area contributed by atoms with Crippen LogP contribution in [0.1, 0.15) is 58.8 Å². The summed E-state index contributed by atoms with van der Waals surface area (Å²) in [6.07, 6.45) is 10.3. The molecule has 0 aliphatic heterocycles. The van der Waals surface area contributed by atoms with E-state index >= 15 is 0 Å². The lowest BCUT2D eigenvalue weighted by atomic mass is 9.98. The molecule has 1 aliphatic rings. The van der Waals surface area contributed by atoms with Gasteiger partial charge in [0.1, 0.15) is 0 Å². The lowest BCUT2D eigenvalue weighted by Gasteiger charge is -2.08. The SMILES string of the molecule is CCC1=CCCCC1.CCCC(=O)O. The standard InChI is InChI=1S/C8H14.C4H8O2/c1-2-8-6-4-3-5-7-8;1-2-3-4(5)6/h6H,2-5,7H2,1H3;2-3H2,1H3,(H,5,6). The third kappa shape index (κ3) is 7.84. The molecule has 0 heterocycles. The molecule has 1 aliphatic carbocycles. The Labute approximate surface area is 87.0 Å². The first kappa shape index (κ1) is 13.2. The van der Waals surface area contributed by atoms with E-state index in [-0.39, 0.29) is 0 Å². The first-order valence-electron chi connectivity index (χ1n) is 5.60. The summed E-state index contributed by atoms with van der Waals surface area (Å²) in [4.78, 5) is 9.60. The second-order valence-electron chi connectivity index (χ2n) is 3.61. The first-order chi connectivity index (χ1) is 6.70. The molecule has 1 rings (SSSR count). The average Bonchev–Trinajstić information content (AvgIpc) is 2.20. The van der Waals surface area contributed by atoms with Crippen molar-refractivity contribution in [3.63, 3.8) is 0 Å². The molecule has 0 saturated heterocycles. The van der Waals surface area contributed by atoms with Gasteiger partial charge in [-0.2, -0.15) is 0 Å². The van der Waals surface area contributed by atoms with Gasteiger partial charge in [0.2, 0.25) is 0 Å². The number of hydrogen-bond donors (Lipinski definition) is 1. The number of carbonyl (C=O) groups is 1. The van der Waals surface area contributed by atoms with E-state index in [1.807, 2.05) is 6.92 Å². The van der Waals surface area contributed by atoms with Crippen molar-refractivity contribution in [3.8, 4) is 0 Å². The number of hydrogen-bond acceptors (Lipinski definition) is 1. The summed E-state index contributed by atoms with van der Waals surface area (Å²) in [5, 5.41) is 7.91. The van der Waals surface area contributed by atoms with Crippen molar-refractivity contribution in [1.29, 1.82) is 0 Å². The van der Waals surface area contributed by atoms with Crippen LogP contribution < -0.4 is 0 Å². The average molecular weight is 198 g/mol. The van der Waals surface area contributed by atoms with Gasteiger partial charge in [0, 0.05) is 6.42 Å². The summed E-state index contributed by atoms with van der Waals surface area (Å²) in [7, 11) is 0. The van der Waals surface area contributed by atoms with Crippen LogP contribution >= 0.6 is 0 Å². The van der Waals surface area contributed by atoms with Crippen molar-refractivity contribution in [3.05, 3.63) is 11.6 Å². The summed E-state index contributed by atoms with van der Waals surface area (Å²) in [6, 6.07) is 0. The van der Waals surface area contributed by atoms with Crippen LogP contribution in [0.2, 0.25) is 0 Å². The van der Waals surface area contributed by atoms with Crippen molar-refractivity contribution >= 4 is 5.97 Å². The zero-order chi connectivity index (χ0) is 10.8. The Hall–Kier alpha value is -0.790. The third-order valence-electron chi connectivity index (χ3n) is 2.30. The van der Waals surface area contributed by atoms with Gasteiger partial charge in [0.25, 0.3) is 0 Å². The van der Waals surface area contributed by atoms with Gasteiger partial charge < -0.3 is 5.11 Å². The Morgan fingerprint density at radius 1 is 1.43 bits per heavy atom. The van der Waals surface area contributed by atoms with E-state index in [0.717, 1.165) is 6.42 Å². The fourth-order valence-corrected chi connectivity index (χ4v) is 1.44. The zero-order valence-corrected chi connectivity index (χ0v) is 9.38. The molecule has 14 heavy (non-hydrogen) atoms. The fourth-order valence-electron chi connectivity index (χ4n) is 1.44. The van der Waals surface area contributed by atoms with Gasteiger partial charge in [-0.05, 0) is 38.5 Å². The number of rotatable bonds is 3. The maximum atomic E-state index is 9.60. The van der Waals surface area contributed by atoms with Crippen molar-refractivity contribution < 1.29 is 9.90 Å². The zero-order valence-electron chi connectivity index (χ0n) is 9.38. The van der Waals surface area contributed by atoms with E-state index < -0.39 is 5.97 Å². The highest BCUT2D eigenvalue weighted by Crippen LogP contribution is 2.18. The number of carboxylic acid groups (broad SMARTS) is 1. The van der Waals surface area contributed by atoms with Crippen LogP contribution in [-0.4, -0.2) is 11.1 Å². The lowest BCUT2D eigenvalue weighted by molar-refractivity contribution is -0.137. The number of carboxylic acids is 1. The van der Waals surface area contributed by atoms with Gasteiger partial charge >= 0.3 is 5.97 Å². The van der Waals surface area contributed by atoms with Crippen molar-refractivity contribution in [2.75, 3.05) is 0 Å². The van der Waals surface area contributed by atoms with Crippen molar-refractivity contribution in [2.24, 2.45) is 0 Å². The van der Waals surface area contributed by atoms with Crippen molar-refractivity contribution in [2.45, 2.75) is 58.8 Å². The normalized spacial score (nSPS) is 15.1. The molecule has 0 aromatic heterocycles. The van der Waals surface area contributed by atoms with E-state index in [2.05, 4.69) is 13.0 Å². The number of aliphatic carboxylic acids is 1. The predicted molar refractivity (Wildman–Crippen MR) is 59.4 cm³/mol. The van der Waals surface area contributed by atoms with Crippen LogP contribution in [0, 0.1) is 0 Å². The van der Waals surface area contributed by atoms with Crippen LogP contribution in [-0.2, 0) is 4.79 Å². The molecule has 0 aromatic rings. The maximum Gasteiger partial charge on any atom is 0.303 e. The molecule has 0 saturated carbocycles. The van der Waals surface area contributed by atoms with Crippen LogP contribution in [0.25, 0.3) is 0 Å². The Balaban J connectivity index is 0.000000255. The van der Waals surface area contributed by atoms with Crippen molar-refractivity contribution in [1.82, 2.24) is 0 Å². The Bertz CT molecular complexity index is 183. The Morgan fingerprint density at radius 2 is 2.14 bits per heavy atom. The second kappa shape index (κ2) is 8.79. The van der Waals surface area contributed by atoms with E-state index in [1.54, 1.807) is 5.57 Å². The van der Waals surface area contributed by atoms with Gasteiger partial charge in [-0.15, -0.1) is 0 Å². The summed E-state index contributed by atoms with van der Waals surface area (Å²) < 4.78 is 0. The topological polar surface area (TPSA) is 37.3 Å². The molecule has 0 radical (unpaired) electrons. The smallest absolute Gasteiger partial charge is 0.303 e. The summed E-state index contributed by atoms with van der Waals surface area (Å²) in [5.41, 5.74) is 1.68. The number of allylic oxidation sites excluding steroid dienone is 2. The van der Waals surface area contributed by atoms with Crippen LogP contribution in [0.4, 0.5) is 0 Å². The molecule has 0 atom stereocenters. The van der Waals surface area contributed by atoms with Crippen LogP contribution in [0.15, 0.2) is 11.6 Å². The highest BCUT2D eigenvalue weighted by molar-refractivity contribution is 5.66. The van der Waals surface area contributed by atoms with E-state index in [0.29, 0.717) is 6.42 Å². The van der Waals surface area contributed by atoms with Gasteiger partial charge in [-0.25, -0.2) is 0 Å². The predicted octanol–water partition coefficient (Wildman–Crippen LogP) is 3.77.